The molecule has 1 fully saturated rings. The van der Waals surface area contributed by atoms with E-state index in [0.29, 0.717) is 0 Å². The van der Waals surface area contributed by atoms with Gasteiger partial charge < -0.3 is 5.11 Å². The van der Waals surface area contributed by atoms with E-state index in [-0.39, 0.29) is 0 Å². The Bertz CT molecular complexity index is 74.8. The average molecular weight is 141 g/mol. The quantitative estimate of drug-likeness (QED) is 0.640. The van der Waals surface area contributed by atoms with Gasteiger partial charge in [0.2, 0.25) is 0 Å². The standard InChI is InChI=1S/C9H17O/c10-8-4-7-9-5-2-1-3-6-9/h8-10H,1-7H2. The van der Waals surface area contributed by atoms with Crippen molar-refractivity contribution in [3.63, 3.8) is 0 Å². The molecule has 0 bridgehead atoms. The summed E-state index contributed by atoms with van der Waals surface area (Å²) >= 11 is 0. The van der Waals surface area contributed by atoms with Crippen LogP contribution in [0.4, 0.5) is 0 Å². The smallest absolute Gasteiger partial charge is 0.0799 e. The Kier molecular flexibility index (Phi) is 3.81. The highest BCUT2D eigenvalue weighted by Gasteiger charge is 2.11. The van der Waals surface area contributed by atoms with Gasteiger partial charge in [-0.1, -0.05) is 32.1 Å². The summed E-state index contributed by atoms with van der Waals surface area (Å²) < 4.78 is 0. The summed E-state index contributed by atoms with van der Waals surface area (Å²) in [5.41, 5.74) is 0. The average Bonchev–Trinajstić information content (AvgIpc) is 2.03. The van der Waals surface area contributed by atoms with Crippen LogP contribution in [0.2, 0.25) is 0 Å². The van der Waals surface area contributed by atoms with E-state index in [1.54, 1.807) is 0 Å². The third kappa shape index (κ3) is 2.70. The van der Waals surface area contributed by atoms with Crippen molar-refractivity contribution in [2.45, 2.75) is 44.9 Å². The third-order valence-electron chi connectivity index (χ3n) is 2.43. The van der Waals surface area contributed by atoms with Gasteiger partial charge in [0.05, 0.1) is 6.61 Å². The molecule has 1 aliphatic rings. The zero-order valence-corrected chi connectivity index (χ0v) is 6.55. The Morgan fingerprint density at radius 3 is 2.50 bits per heavy atom. The summed E-state index contributed by atoms with van der Waals surface area (Å²) in [6, 6.07) is 0. The Morgan fingerprint density at radius 2 is 1.90 bits per heavy atom. The largest absolute Gasteiger partial charge is 0.390 e. The highest BCUT2D eigenvalue weighted by molar-refractivity contribution is 4.66. The van der Waals surface area contributed by atoms with E-state index in [2.05, 4.69) is 0 Å². The Hall–Kier alpha value is -0.0400. The van der Waals surface area contributed by atoms with Crippen molar-refractivity contribution in [3.8, 4) is 0 Å². The topological polar surface area (TPSA) is 20.2 Å². The van der Waals surface area contributed by atoms with E-state index in [0.717, 1.165) is 12.3 Å². The van der Waals surface area contributed by atoms with Gasteiger partial charge in [-0.05, 0) is 18.8 Å². The third-order valence-corrected chi connectivity index (χ3v) is 2.43. The predicted molar refractivity (Wildman–Crippen MR) is 42.0 cm³/mol. The summed E-state index contributed by atoms with van der Waals surface area (Å²) in [5, 5.41) is 8.47. The molecule has 0 atom stereocenters. The summed E-state index contributed by atoms with van der Waals surface area (Å²) in [6.07, 6.45) is 9.15. The van der Waals surface area contributed by atoms with E-state index in [1.807, 2.05) is 0 Å². The molecule has 1 aliphatic carbocycles. The first-order chi connectivity index (χ1) is 4.93. The van der Waals surface area contributed by atoms with Crippen molar-refractivity contribution < 1.29 is 5.11 Å². The van der Waals surface area contributed by atoms with E-state index < -0.39 is 0 Å². The number of aliphatic hydroxyl groups excluding tert-OH is 1. The molecule has 0 aromatic carbocycles. The lowest BCUT2D eigenvalue weighted by atomic mass is 9.86. The van der Waals surface area contributed by atoms with Crippen LogP contribution in [0, 0.1) is 12.5 Å². The Balaban J connectivity index is 2.02. The highest BCUT2D eigenvalue weighted by atomic mass is 16.2. The van der Waals surface area contributed by atoms with Gasteiger partial charge in [0, 0.05) is 0 Å². The van der Waals surface area contributed by atoms with Gasteiger partial charge in [-0.25, -0.2) is 0 Å². The van der Waals surface area contributed by atoms with E-state index >= 15 is 0 Å². The van der Waals surface area contributed by atoms with E-state index in [4.69, 9.17) is 5.11 Å². The maximum absolute atomic E-state index is 8.47. The first kappa shape index (κ1) is 8.06. The minimum absolute atomic E-state index is 0.894. The van der Waals surface area contributed by atoms with Gasteiger partial charge in [-0.15, -0.1) is 0 Å². The van der Waals surface area contributed by atoms with Crippen LogP contribution in [-0.2, 0) is 0 Å². The maximum atomic E-state index is 8.47. The molecule has 0 aliphatic heterocycles. The van der Waals surface area contributed by atoms with Crippen molar-refractivity contribution in [3.05, 3.63) is 6.61 Å². The summed E-state index contributed by atoms with van der Waals surface area (Å²) in [6.45, 7) is 1.30. The zero-order valence-electron chi connectivity index (χ0n) is 6.55. The van der Waals surface area contributed by atoms with Crippen LogP contribution in [-0.4, -0.2) is 5.11 Å². The van der Waals surface area contributed by atoms with Gasteiger partial charge in [-0.3, -0.25) is 0 Å². The molecular formula is C9H17O. The fourth-order valence-electron chi connectivity index (χ4n) is 1.79. The second-order valence-electron chi connectivity index (χ2n) is 3.26. The summed E-state index contributed by atoms with van der Waals surface area (Å²) in [4.78, 5) is 0. The first-order valence-electron chi connectivity index (χ1n) is 4.39. The highest BCUT2D eigenvalue weighted by Crippen LogP contribution is 2.27. The molecule has 0 saturated heterocycles. The maximum Gasteiger partial charge on any atom is 0.0799 e. The van der Waals surface area contributed by atoms with Crippen molar-refractivity contribution in [2.24, 2.45) is 5.92 Å². The van der Waals surface area contributed by atoms with Crippen LogP contribution in [0.1, 0.15) is 44.9 Å². The van der Waals surface area contributed by atoms with Crippen LogP contribution in [0.5, 0.6) is 0 Å². The van der Waals surface area contributed by atoms with Gasteiger partial charge in [0.25, 0.3) is 0 Å². The number of rotatable bonds is 3. The van der Waals surface area contributed by atoms with Crippen molar-refractivity contribution >= 4 is 0 Å². The summed E-state index contributed by atoms with van der Waals surface area (Å²) in [7, 11) is 0. The predicted octanol–water partition coefficient (Wildman–Crippen LogP) is 2.88. The fraction of sp³-hybridized carbons (Fsp3) is 0.889. The molecule has 0 spiro atoms. The second kappa shape index (κ2) is 4.73. The molecule has 1 nitrogen and oxygen atoms in total. The molecule has 10 heavy (non-hydrogen) atoms. The van der Waals surface area contributed by atoms with Gasteiger partial charge in [0.15, 0.2) is 0 Å². The molecule has 0 aromatic heterocycles. The normalized spacial score (nSPS) is 21.3. The number of hydrogen-bond acceptors (Lipinski definition) is 1. The monoisotopic (exact) mass is 141 g/mol. The van der Waals surface area contributed by atoms with Crippen LogP contribution in [0.15, 0.2) is 0 Å². The SMILES string of the molecule is O[CH]CCC1CCCCC1. The van der Waals surface area contributed by atoms with Crippen LogP contribution < -0.4 is 0 Å². The van der Waals surface area contributed by atoms with Crippen molar-refractivity contribution in [1.29, 1.82) is 0 Å². The van der Waals surface area contributed by atoms with E-state index in [1.165, 1.54) is 45.1 Å². The molecule has 1 radical (unpaired) electrons. The molecule has 1 N–H and O–H groups in total. The van der Waals surface area contributed by atoms with Crippen molar-refractivity contribution in [1.82, 2.24) is 0 Å². The molecule has 59 valence electrons. The van der Waals surface area contributed by atoms with Gasteiger partial charge in [-0.2, -0.15) is 0 Å². The molecule has 0 unspecified atom stereocenters. The number of aliphatic hydroxyl groups is 1. The van der Waals surface area contributed by atoms with Gasteiger partial charge >= 0.3 is 0 Å². The van der Waals surface area contributed by atoms with Crippen LogP contribution in [0.3, 0.4) is 0 Å². The molecule has 0 amide bonds. The lowest BCUT2D eigenvalue weighted by Gasteiger charge is -2.20. The molecule has 1 heteroatoms. The molecule has 1 saturated carbocycles. The lowest BCUT2D eigenvalue weighted by molar-refractivity contribution is 0.304. The second-order valence-corrected chi connectivity index (χ2v) is 3.26. The number of hydrogen-bond donors (Lipinski definition) is 1. The van der Waals surface area contributed by atoms with E-state index in [9.17, 15) is 0 Å². The molecular weight excluding hydrogens is 124 g/mol. The summed E-state index contributed by atoms with van der Waals surface area (Å²) in [5.74, 6) is 0.914. The minimum atomic E-state index is 0.894. The van der Waals surface area contributed by atoms with Crippen LogP contribution >= 0.6 is 0 Å². The van der Waals surface area contributed by atoms with Crippen molar-refractivity contribution in [2.75, 3.05) is 0 Å². The lowest BCUT2D eigenvalue weighted by Crippen LogP contribution is -2.05. The Labute approximate surface area is 63.4 Å². The Morgan fingerprint density at radius 1 is 1.20 bits per heavy atom. The molecule has 0 heterocycles. The minimum Gasteiger partial charge on any atom is -0.390 e. The van der Waals surface area contributed by atoms with Crippen LogP contribution in [0.25, 0.3) is 0 Å². The van der Waals surface area contributed by atoms with Gasteiger partial charge in [0.1, 0.15) is 0 Å². The molecule has 1 rings (SSSR count). The first-order valence-corrected chi connectivity index (χ1v) is 4.39. The zero-order chi connectivity index (χ0) is 7.23. The molecule has 0 aromatic rings. The fourth-order valence-corrected chi connectivity index (χ4v) is 1.79.